The van der Waals surface area contributed by atoms with E-state index in [1.165, 1.54) is 12.1 Å². The van der Waals surface area contributed by atoms with Crippen molar-refractivity contribution in [2.24, 2.45) is 0 Å². The molecular weight excluding hydrogens is 334 g/mol. The predicted octanol–water partition coefficient (Wildman–Crippen LogP) is 1.62. The minimum absolute atomic E-state index is 0.0287. The lowest BCUT2D eigenvalue weighted by atomic mass is 10.2. The smallest absolute Gasteiger partial charge is 0.240 e. The maximum atomic E-state index is 12.2. The highest BCUT2D eigenvalue weighted by molar-refractivity contribution is 7.89. The summed E-state index contributed by atoms with van der Waals surface area (Å²) in [4.78, 5) is 0.214. The van der Waals surface area contributed by atoms with Crippen molar-refractivity contribution in [1.29, 1.82) is 0 Å². The van der Waals surface area contributed by atoms with E-state index in [1.807, 2.05) is 0 Å². The van der Waals surface area contributed by atoms with Gasteiger partial charge in [0.15, 0.2) is 5.11 Å². The zero-order valence-corrected chi connectivity index (χ0v) is 14.4. The molecular formula is C15H21N3O3S2. The monoisotopic (exact) mass is 355 g/mol. The third kappa shape index (κ3) is 5.58. The highest BCUT2D eigenvalue weighted by atomic mass is 32.2. The van der Waals surface area contributed by atoms with Gasteiger partial charge in [0.05, 0.1) is 11.0 Å². The fraction of sp³-hybridized carbons (Fsp3) is 0.400. The van der Waals surface area contributed by atoms with E-state index in [0.717, 1.165) is 12.8 Å². The molecule has 126 valence electrons. The number of nitrogens with one attached hydrogen (secondary N) is 3. The van der Waals surface area contributed by atoms with Crippen LogP contribution in [0.5, 0.6) is 0 Å². The molecule has 3 N–H and O–H groups in total. The molecule has 23 heavy (non-hydrogen) atoms. The van der Waals surface area contributed by atoms with E-state index < -0.39 is 10.0 Å². The van der Waals surface area contributed by atoms with Crippen molar-refractivity contribution in [3.8, 4) is 0 Å². The van der Waals surface area contributed by atoms with Gasteiger partial charge in [0.2, 0.25) is 10.0 Å². The lowest BCUT2D eigenvalue weighted by Crippen LogP contribution is -2.31. The number of rotatable bonds is 7. The van der Waals surface area contributed by atoms with E-state index in [-0.39, 0.29) is 11.0 Å². The molecule has 1 aliphatic rings. The summed E-state index contributed by atoms with van der Waals surface area (Å²) in [7, 11) is -3.53. The fourth-order valence-electron chi connectivity index (χ4n) is 2.15. The highest BCUT2D eigenvalue weighted by Gasteiger charge is 2.20. The van der Waals surface area contributed by atoms with Gasteiger partial charge >= 0.3 is 0 Å². The Balaban J connectivity index is 1.91. The van der Waals surface area contributed by atoms with E-state index in [9.17, 15) is 8.42 Å². The lowest BCUT2D eigenvalue weighted by Gasteiger charge is -2.12. The van der Waals surface area contributed by atoms with E-state index in [2.05, 4.69) is 21.9 Å². The zero-order chi connectivity index (χ0) is 16.7. The zero-order valence-electron chi connectivity index (χ0n) is 12.7. The quantitative estimate of drug-likeness (QED) is 0.509. The SMILES string of the molecule is C=CCNC(=S)Nc1ccc(S(=O)(=O)NCC2CCCO2)cc1. The van der Waals surface area contributed by atoms with Gasteiger partial charge in [0, 0.05) is 25.4 Å². The van der Waals surface area contributed by atoms with Gasteiger partial charge in [-0.3, -0.25) is 0 Å². The molecule has 2 rings (SSSR count). The number of benzene rings is 1. The van der Waals surface area contributed by atoms with Crippen molar-refractivity contribution >= 4 is 33.0 Å². The number of hydrogen-bond acceptors (Lipinski definition) is 4. The summed E-state index contributed by atoms with van der Waals surface area (Å²) < 4.78 is 32.5. The van der Waals surface area contributed by atoms with Crippen LogP contribution in [-0.4, -0.2) is 39.3 Å². The van der Waals surface area contributed by atoms with Gasteiger partial charge in [0.25, 0.3) is 0 Å². The Bertz CT molecular complexity index is 638. The van der Waals surface area contributed by atoms with Gasteiger partial charge < -0.3 is 15.4 Å². The molecule has 1 fully saturated rings. The Morgan fingerprint density at radius 1 is 1.39 bits per heavy atom. The third-order valence-electron chi connectivity index (χ3n) is 3.35. The molecule has 0 saturated carbocycles. The number of anilines is 1. The molecule has 1 aliphatic heterocycles. The van der Waals surface area contributed by atoms with Crippen molar-refractivity contribution in [2.45, 2.75) is 23.8 Å². The first-order valence-electron chi connectivity index (χ1n) is 7.38. The molecule has 0 spiro atoms. The molecule has 1 saturated heterocycles. The third-order valence-corrected chi connectivity index (χ3v) is 5.04. The van der Waals surface area contributed by atoms with Gasteiger partial charge in [-0.05, 0) is 49.3 Å². The van der Waals surface area contributed by atoms with Gasteiger partial charge in [0.1, 0.15) is 0 Å². The van der Waals surface area contributed by atoms with Crippen molar-refractivity contribution in [3.63, 3.8) is 0 Å². The predicted molar refractivity (Wildman–Crippen MR) is 95.0 cm³/mol. The van der Waals surface area contributed by atoms with Crippen LogP contribution in [0.1, 0.15) is 12.8 Å². The van der Waals surface area contributed by atoms with Gasteiger partial charge in [-0.1, -0.05) is 6.08 Å². The standard InChI is InChI=1S/C15H21N3O3S2/c1-2-9-16-15(22)18-12-5-7-14(8-6-12)23(19,20)17-11-13-4-3-10-21-13/h2,5-8,13,17H,1,3-4,9-11H2,(H2,16,18,22). The average Bonchev–Trinajstić information content (AvgIpc) is 3.05. The topological polar surface area (TPSA) is 79.5 Å². The molecule has 0 aliphatic carbocycles. The molecule has 1 aromatic rings. The van der Waals surface area contributed by atoms with Crippen molar-refractivity contribution < 1.29 is 13.2 Å². The summed E-state index contributed by atoms with van der Waals surface area (Å²) in [5.41, 5.74) is 0.713. The summed E-state index contributed by atoms with van der Waals surface area (Å²) in [6.45, 7) is 5.16. The van der Waals surface area contributed by atoms with Crippen LogP contribution in [0.4, 0.5) is 5.69 Å². The fourth-order valence-corrected chi connectivity index (χ4v) is 3.42. The van der Waals surface area contributed by atoms with E-state index in [1.54, 1.807) is 18.2 Å². The summed E-state index contributed by atoms with van der Waals surface area (Å²) in [6.07, 6.45) is 3.54. The molecule has 0 bridgehead atoms. The van der Waals surface area contributed by atoms with Gasteiger partial charge in [-0.2, -0.15) is 0 Å². The van der Waals surface area contributed by atoms with Gasteiger partial charge in [-0.25, -0.2) is 13.1 Å². The minimum Gasteiger partial charge on any atom is -0.377 e. The van der Waals surface area contributed by atoms with Crippen LogP contribution >= 0.6 is 12.2 Å². The van der Waals surface area contributed by atoms with E-state index >= 15 is 0 Å². The lowest BCUT2D eigenvalue weighted by molar-refractivity contribution is 0.114. The number of hydrogen-bond donors (Lipinski definition) is 3. The average molecular weight is 355 g/mol. The molecule has 0 aromatic heterocycles. The van der Waals surface area contributed by atoms with E-state index in [0.29, 0.717) is 30.5 Å². The van der Waals surface area contributed by atoms with Crippen LogP contribution in [0, 0.1) is 0 Å². The molecule has 6 nitrogen and oxygen atoms in total. The molecule has 8 heteroatoms. The van der Waals surface area contributed by atoms with Gasteiger partial charge in [-0.15, -0.1) is 6.58 Å². The summed E-state index contributed by atoms with van der Waals surface area (Å²) in [5, 5.41) is 6.36. The summed E-state index contributed by atoms with van der Waals surface area (Å²) >= 11 is 5.10. The molecule has 0 radical (unpaired) electrons. The maximum absolute atomic E-state index is 12.2. The molecule has 1 aromatic carbocycles. The number of sulfonamides is 1. The first kappa shape index (κ1) is 17.9. The summed E-state index contributed by atoms with van der Waals surface area (Å²) in [6, 6.07) is 6.41. The van der Waals surface area contributed by atoms with Crippen LogP contribution in [-0.2, 0) is 14.8 Å². The van der Waals surface area contributed by atoms with Crippen molar-refractivity contribution in [2.75, 3.05) is 25.0 Å². The van der Waals surface area contributed by atoms with Crippen LogP contribution in [0.3, 0.4) is 0 Å². The Hall–Kier alpha value is -1.48. The van der Waals surface area contributed by atoms with Crippen molar-refractivity contribution in [1.82, 2.24) is 10.0 Å². The van der Waals surface area contributed by atoms with E-state index in [4.69, 9.17) is 17.0 Å². The molecule has 1 unspecified atom stereocenters. The molecule has 1 atom stereocenters. The first-order chi connectivity index (χ1) is 11.0. The van der Waals surface area contributed by atoms with Crippen molar-refractivity contribution in [3.05, 3.63) is 36.9 Å². The summed E-state index contributed by atoms with van der Waals surface area (Å²) in [5.74, 6) is 0. The second kappa shape index (κ2) is 8.39. The second-order valence-electron chi connectivity index (χ2n) is 5.14. The molecule has 1 heterocycles. The van der Waals surface area contributed by atoms with Crippen LogP contribution in [0.2, 0.25) is 0 Å². The highest BCUT2D eigenvalue weighted by Crippen LogP contribution is 2.15. The molecule has 0 amide bonds. The Morgan fingerprint density at radius 2 is 2.13 bits per heavy atom. The van der Waals surface area contributed by atoms with Crippen LogP contribution < -0.4 is 15.4 Å². The number of thiocarbonyl (C=S) groups is 1. The second-order valence-corrected chi connectivity index (χ2v) is 7.31. The Morgan fingerprint density at radius 3 is 2.74 bits per heavy atom. The minimum atomic E-state index is -3.53. The Kier molecular flexibility index (Phi) is 6.52. The normalized spacial score (nSPS) is 17.7. The Labute approximate surface area is 142 Å². The first-order valence-corrected chi connectivity index (χ1v) is 9.27. The van der Waals surface area contributed by atoms with Crippen LogP contribution in [0.15, 0.2) is 41.8 Å². The van der Waals surface area contributed by atoms with Crippen LogP contribution in [0.25, 0.3) is 0 Å². The largest absolute Gasteiger partial charge is 0.377 e. The maximum Gasteiger partial charge on any atom is 0.240 e. The number of ether oxygens (including phenoxy) is 1.